The lowest BCUT2D eigenvalue weighted by Gasteiger charge is -2.44. The van der Waals surface area contributed by atoms with E-state index < -0.39 is 5.60 Å². The molecule has 4 aliphatic carbocycles. The molecule has 3 nitrogen and oxygen atoms in total. The van der Waals surface area contributed by atoms with Crippen molar-refractivity contribution in [3.8, 4) is 0 Å². The van der Waals surface area contributed by atoms with Gasteiger partial charge in [0.1, 0.15) is 5.78 Å². The summed E-state index contributed by atoms with van der Waals surface area (Å²) in [5, 5.41) is 20.5. The van der Waals surface area contributed by atoms with E-state index in [1.165, 1.54) is 31.3 Å². The van der Waals surface area contributed by atoms with Gasteiger partial charge < -0.3 is 10.2 Å². The maximum absolute atomic E-state index is 12.6. The second kappa shape index (κ2) is 8.13. The largest absolute Gasteiger partial charge is 0.396 e. The van der Waals surface area contributed by atoms with E-state index in [1.807, 2.05) is 13.8 Å². The third-order valence-electron chi connectivity index (χ3n) is 10.2. The molecule has 174 valence electrons. The fourth-order valence-electron chi connectivity index (χ4n) is 7.73. The highest BCUT2D eigenvalue weighted by Gasteiger charge is 2.66. The first-order valence-corrected chi connectivity index (χ1v) is 12.8. The van der Waals surface area contributed by atoms with Crippen LogP contribution in [0.1, 0.15) is 86.0 Å². The van der Waals surface area contributed by atoms with E-state index in [-0.39, 0.29) is 23.9 Å². The summed E-state index contributed by atoms with van der Waals surface area (Å²) in [5.41, 5.74) is 0.940. The summed E-state index contributed by atoms with van der Waals surface area (Å²) in [7, 11) is 0. The molecule has 0 amide bonds. The number of Topliss-reactive ketones (excluding diaryl/α,β-unsaturated/α-hetero) is 1. The molecular formula is C28H44O3. The number of allylic oxidation sites excluding steroid dienone is 2. The minimum Gasteiger partial charge on any atom is -0.396 e. The molecule has 8 atom stereocenters. The predicted octanol–water partition coefficient (Wildman–Crippen LogP) is 5.71. The average molecular weight is 429 g/mol. The van der Waals surface area contributed by atoms with Crippen molar-refractivity contribution < 1.29 is 15.0 Å². The fourth-order valence-corrected chi connectivity index (χ4v) is 7.73. The molecule has 3 heteroatoms. The number of hydrogen-bond donors (Lipinski definition) is 2. The fraction of sp³-hybridized carbons (Fsp3) is 0.821. The summed E-state index contributed by atoms with van der Waals surface area (Å²) >= 11 is 0. The monoisotopic (exact) mass is 428 g/mol. The van der Waals surface area contributed by atoms with Crippen LogP contribution in [0, 0.1) is 46.3 Å². The Morgan fingerprint density at radius 1 is 1.16 bits per heavy atom. The maximum atomic E-state index is 12.6. The smallest absolute Gasteiger partial charge is 0.140 e. The van der Waals surface area contributed by atoms with Crippen LogP contribution in [-0.2, 0) is 4.79 Å². The molecule has 4 aliphatic rings. The van der Waals surface area contributed by atoms with Crippen LogP contribution in [0.3, 0.4) is 0 Å². The van der Waals surface area contributed by atoms with Crippen LogP contribution in [-0.4, -0.2) is 28.2 Å². The van der Waals surface area contributed by atoms with Gasteiger partial charge in [-0.05, 0) is 87.9 Å². The van der Waals surface area contributed by atoms with E-state index in [0.717, 1.165) is 25.7 Å². The van der Waals surface area contributed by atoms with E-state index in [2.05, 4.69) is 39.0 Å². The van der Waals surface area contributed by atoms with Gasteiger partial charge in [-0.2, -0.15) is 0 Å². The van der Waals surface area contributed by atoms with Gasteiger partial charge in [0.15, 0.2) is 0 Å². The van der Waals surface area contributed by atoms with E-state index in [4.69, 9.17) is 0 Å². The van der Waals surface area contributed by atoms with Gasteiger partial charge in [-0.15, -0.1) is 0 Å². The lowest BCUT2D eigenvalue weighted by Crippen LogP contribution is -2.36. The molecule has 0 heterocycles. The number of carbonyl (C=O) groups excluding carboxylic acids is 1. The number of hydrogen-bond acceptors (Lipinski definition) is 3. The Kier molecular flexibility index (Phi) is 6.10. The Hall–Kier alpha value is -0.930. The van der Waals surface area contributed by atoms with Gasteiger partial charge in [0, 0.05) is 23.7 Å². The summed E-state index contributed by atoms with van der Waals surface area (Å²) < 4.78 is 0. The first kappa shape index (κ1) is 23.2. The van der Waals surface area contributed by atoms with E-state index in [0.29, 0.717) is 34.9 Å². The van der Waals surface area contributed by atoms with E-state index in [9.17, 15) is 15.0 Å². The average Bonchev–Trinajstić information content (AvgIpc) is 3.21. The van der Waals surface area contributed by atoms with Crippen LogP contribution in [0.5, 0.6) is 0 Å². The van der Waals surface area contributed by atoms with Gasteiger partial charge in [-0.1, -0.05) is 44.6 Å². The molecule has 0 unspecified atom stereocenters. The van der Waals surface area contributed by atoms with Crippen LogP contribution in [0.2, 0.25) is 0 Å². The maximum Gasteiger partial charge on any atom is 0.140 e. The second-order valence-corrected chi connectivity index (χ2v) is 12.2. The molecule has 4 fully saturated rings. The number of carbonyl (C=O) groups is 1. The van der Waals surface area contributed by atoms with Gasteiger partial charge in [0.25, 0.3) is 0 Å². The normalized spacial score (nSPS) is 42.0. The lowest BCUT2D eigenvalue weighted by molar-refractivity contribution is -0.124. The Morgan fingerprint density at radius 2 is 1.90 bits per heavy atom. The molecule has 0 aromatic heterocycles. The van der Waals surface area contributed by atoms with Crippen LogP contribution in [0.15, 0.2) is 23.8 Å². The van der Waals surface area contributed by atoms with Gasteiger partial charge in [-0.3, -0.25) is 4.79 Å². The topological polar surface area (TPSA) is 57.5 Å². The molecule has 2 N–H and O–H groups in total. The van der Waals surface area contributed by atoms with Crippen molar-refractivity contribution in [1.82, 2.24) is 0 Å². The summed E-state index contributed by atoms with van der Waals surface area (Å²) in [6.45, 7) is 10.8. The zero-order chi connectivity index (χ0) is 22.6. The number of rotatable bonds is 7. The number of ketones is 1. The number of aliphatic hydroxyl groups excluding tert-OH is 1. The molecule has 0 radical (unpaired) electrons. The molecular weight excluding hydrogens is 384 g/mol. The third-order valence-corrected chi connectivity index (χ3v) is 10.2. The summed E-state index contributed by atoms with van der Waals surface area (Å²) in [6, 6.07) is 0. The number of fused-ring (bicyclic) bond motifs is 2. The van der Waals surface area contributed by atoms with Crippen molar-refractivity contribution in [2.45, 2.75) is 91.6 Å². The molecule has 0 aromatic rings. The molecule has 0 saturated heterocycles. The first-order chi connectivity index (χ1) is 14.5. The minimum atomic E-state index is -0.684. The summed E-state index contributed by atoms with van der Waals surface area (Å²) in [6.07, 6.45) is 15.8. The second-order valence-electron chi connectivity index (χ2n) is 12.2. The predicted molar refractivity (Wildman–Crippen MR) is 125 cm³/mol. The molecule has 31 heavy (non-hydrogen) atoms. The van der Waals surface area contributed by atoms with Crippen molar-refractivity contribution in [1.29, 1.82) is 0 Å². The van der Waals surface area contributed by atoms with Gasteiger partial charge in [0.2, 0.25) is 0 Å². The van der Waals surface area contributed by atoms with Crippen molar-refractivity contribution in [3.05, 3.63) is 23.8 Å². The third kappa shape index (κ3) is 3.88. The summed E-state index contributed by atoms with van der Waals surface area (Å²) in [4.78, 5) is 12.6. The zero-order valence-corrected chi connectivity index (χ0v) is 20.4. The highest BCUT2D eigenvalue weighted by atomic mass is 16.3. The molecule has 4 saturated carbocycles. The SMILES string of the molecule is C[C@H](C=C[C@H](C)C(C)(C)O)[C@H]1CC[C@H]2C(=C[C@@H](CO)[C@]34C[C@H]3CCC4=O)CCC[C@]12C. The van der Waals surface area contributed by atoms with Gasteiger partial charge >= 0.3 is 0 Å². The van der Waals surface area contributed by atoms with Crippen molar-refractivity contribution in [2.75, 3.05) is 6.61 Å². The first-order valence-electron chi connectivity index (χ1n) is 12.8. The van der Waals surface area contributed by atoms with Gasteiger partial charge in [0.05, 0.1) is 12.2 Å². The Balaban J connectivity index is 1.52. The molecule has 0 aromatic carbocycles. The highest BCUT2D eigenvalue weighted by Crippen LogP contribution is 2.67. The molecule has 4 rings (SSSR count). The Morgan fingerprint density at radius 3 is 2.48 bits per heavy atom. The highest BCUT2D eigenvalue weighted by molar-refractivity contribution is 5.91. The minimum absolute atomic E-state index is 0.0360. The van der Waals surface area contributed by atoms with Crippen molar-refractivity contribution >= 4 is 5.78 Å². The quantitative estimate of drug-likeness (QED) is 0.511. The lowest BCUT2D eigenvalue weighted by atomic mass is 9.60. The van der Waals surface area contributed by atoms with E-state index in [1.54, 1.807) is 0 Å². The van der Waals surface area contributed by atoms with Crippen LogP contribution < -0.4 is 0 Å². The Bertz CT molecular complexity index is 759. The van der Waals surface area contributed by atoms with Crippen molar-refractivity contribution in [3.63, 3.8) is 0 Å². The van der Waals surface area contributed by atoms with Crippen molar-refractivity contribution in [2.24, 2.45) is 46.3 Å². The Labute approximate surface area is 189 Å². The van der Waals surface area contributed by atoms with E-state index >= 15 is 0 Å². The number of aliphatic hydroxyl groups is 2. The van der Waals surface area contributed by atoms with Crippen LogP contribution in [0.4, 0.5) is 0 Å². The zero-order valence-electron chi connectivity index (χ0n) is 20.4. The summed E-state index contributed by atoms with van der Waals surface area (Å²) in [5.74, 6) is 2.86. The molecule has 0 aliphatic heterocycles. The van der Waals surface area contributed by atoms with Crippen LogP contribution in [0.25, 0.3) is 0 Å². The standard InChI is InChI=1S/C28H44O3/c1-18(8-9-19(2)26(3,4)31)23-11-12-24-20(7-6-14-27(23,24)5)15-22(17-29)28-16-21(28)10-13-25(28)30/h8-9,15,18-19,21-24,29,31H,6-7,10-14,16-17H2,1-5H3/t18-,19+,21-,22+,23-,24+,27-,28+/m1/s1. The van der Waals surface area contributed by atoms with Gasteiger partial charge in [-0.25, -0.2) is 0 Å². The van der Waals surface area contributed by atoms with Crippen LogP contribution >= 0.6 is 0 Å². The molecule has 0 spiro atoms. The molecule has 0 bridgehead atoms.